The van der Waals surface area contributed by atoms with Gasteiger partial charge in [0.2, 0.25) is 5.91 Å². The second-order valence-electron chi connectivity index (χ2n) is 6.91. The molecule has 1 saturated carbocycles. The first-order chi connectivity index (χ1) is 12.5. The third kappa shape index (κ3) is 3.79. The van der Waals surface area contributed by atoms with E-state index in [4.69, 9.17) is 0 Å². The molecular weight excluding hydrogens is 338 g/mol. The van der Waals surface area contributed by atoms with Crippen LogP contribution in [0.4, 0.5) is 5.69 Å². The van der Waals surface area contributed by atoms with E-state index in [1.54, 1.807) is 4.90 Å². The van der Waals surface area contributed by atoms with Crippen LogP contribution in [0.5, 0.6) is 5.75 Å². The van der Waals surface area contributed by atoms with Crippen LogP contribution in [-0.2, 0) is 4.79 Å². The maximum atomic E-state index is 12.6. The maximum Gasteiger partial charge on any atom is 0.310 e. The zero-order chi connectivity index (χ0) is 18.7. The molecule has 8 heteroatoms. The number of amides is 2. The van der Waals surface area contributed by atoms with Gasteiger partial charge in [-0.3, -0.25) is 19.7 Å². The Balaban J connectivity index is 1.59. The number of carbonyl (C=O) groups excluding carboxylic acids is 2. The van der Waals surface area contributed by atoms with Crippen LogP contribution in [0.2, 0.25) is 0 Å². The van der Waals surface area contributed by atoms with Gasteiger partial charge in [0, 0.05) is 43.7 Å². The highest BCUT2D eigenvalue weighted by Gasteiger charge is 2.30. The number of hydrogen-bond acceptors (Lipinski definition) is 5. The summed E-state index contributed by atoms with van der Waals surface area (Å²) in [7, 11) is 0. The minimum atomic E-state index is -0.695. The number of piperazine rings is 1. The predicted molar refractivity (Wildman–Crippen MR) is 93.8 cm³/mol. The Hall–Kier alpha value is -2.64. The largest absolute Gasteiger partial charge is 0.502 e. The lowest BCUT2D eigenvalue weighted by Crippen LogP contribution is -2.52. The number of nitro benzene ring substituents is 1. The highest BCUT2D eigenvalue weighted by molar-refractivity contribution is 5.95. The smallest absolute Gasteiger partial charge is 0.310 e. The Labute approximate surface area is 151 Å². The van der Waals surface area contributed by atoms with E-state index in [-0.39, 0.29) is 23.3 Å². The molecule has 2 aliphatic rings. The molecule has 1 aromatic carbocycles. The molecule has 0 unspecified atom stereocenters. The van der Waals surface area contributed by atoms with Crippen LogP contribution in [-0.4, -0.2) is 57.8 Å². The fourth-order valence-electron chi connectivity index (χ4n) is 3.73. The number of phenolic OH excluding ortho intramolecular Hbond substituents is 1. The van der Waals surface area contributed by atoms with Gasteiger partial charge < -0.3 is 14.9 Å². The molecule has 1 heterocycles. The van der Waals surface area contributed by atoms with Crippen molar-refractivity contribution in [3.63, 3.8) is 0 Å². The molecule has 0 atom stereocenters. The SMILES string of the molecule is O=C(c1ccc([N+](=O)[O-])c(O)c1)N1CCN(C(=O)C2CCCCC2)CC1. The minimum Gasteiger partial charge on any atom is -0.502 e. The summed E-state index contributed by atoms with van der Waals surface area (Å²) in [6.07, 6.45) is 5.34. The van der Waals surface area contributed by atoms with E-state index >= 15 is 0 Å². The molecular formula is C18H23N3O5. The number of rotatable bonds is 3. The Morgan fingerprint density at radius 1 is 1.04 bits per heavy atom. The van der Waals surface area contributed by atoms with E-state index in [0.717, 1.165) is 37.8 Å². The van der Waals surface area contributed by atoms with Crippen LogP contribution >= 0.6 is 0 Å². The van der Waals surface area contributed by atoms with Crippen molar-refractivity contribution in [2.75, 3.05) is 26.2 Å². The van der Waals surface area contributed by atoms with Gasteiger partial charge in [-0.15, -0.1) is 0 Å². The third-order valence-corrected chi connectivity index (χ3v) is 5.25. The third-order valence-electron chi connectivity index (χ3n) is 5.25. The zero-order valence-corrected chi connectivity index (χ0v) is 14.6. The normalized spacial score (nSPS) is 18.6. The summed E-state index contributed by atoms with van der Waals surface area (Å²) in [6, 6.07) is 3.60. The first-order valence-electron chi connectivity index (χ1n) is 9.03. The summed E-state index contributed by atoms with van der Waals surface area (Å²) in [6.45, 7) is 1.85. The summed E-state index contributed by atoms with van der Waals surface area (Å²) in [5.74, 6) is -0.491. The van der Waals surface area contributed by atoms with E-state index in [2.05, 4.69) is 0 Å². The number of hydrogen-bond donors (Lipinski definition) is 1. The van der Waals surface area contributed by atoms with Crippen LogP contribution < -0.4 is 0 Å². The average Bonchev–Trinajstić information content (AvgIpc) is 2.67. The van der Waals surface area contributed by atoms with E-state index in [0.29, 0.717) is 26.2 Å². The molecule has 1 saturated heterocycles. The molecule has 0 radical (unpaired) electrons. The number of nitro groups is 1. The van der Waals surface area contributed by atoms with Crippen LogP contribution in [0, 0.1) is 16.0 Å². The molecule has 1 aliphatic carbocycles. The summed E-state index contributed by atoms with van der Waals surface area (Å²) in [5, 5.41) is 20.5. The minimum absolute atomic E-state index is 0.123. The topological polar surface area (TPSA) is 104 Å². The van der Waals surface area contributed by atoms with E-state index in [1.807, 2.05) is 4.90 Å². The lowest BCUT2D eigenvalue weighted by molar-refractivity contribution is -0.385. The quantitative estimate of drug-likeness (QED) is 0.656. The summed E-state index contributed by atoms with van der Waals surface area (Å²) in [4.78, 5) is 38.6. The molecule has 0 aromatic heterocycles. The van der Waals surface area contributed by atoms with Gasteiger partial charge in [0.05, 0.1) is 4.92 Å². The fraction of sp³-hybridized carbons (Fsp3) is 0.556. The van der Waals surface area contributed by atoms with Crippen LogP contribution in [0.25, 0.3) is 0 Å². The monoisotopic (exact) mass is 361 g/mol. The molecule has 2 fully saturated rings. The van der Waals surface area contributed by atoms with Crippen molar-refractivity contribution in [2.45, 2.75) is 32.1 Å². The van der Waals surface area contributed by atoms with Crippen molar-refractivity contribution >= 4 is 17.5 Å². The molecule has 140 valence electrons. The Morgan fingerprint density at radius 3 is 2.23 bits per heavy atom. The number of aromatic hydroxyl groups is 1. The molecule has 0 bridgehead atoms. The first-order valence-corrected chi connectivity index (χ1v) is 9.03. The summed E-state index contributed by atoms with van der Waals surface area (Å²) in [5.41, 5.74) is -0.218. The van der Waals surface area contributed by atoms with Gasteiger partial charge in [0.25, 0.3) is 5.91 Å². The highest BCUT2D eigenvalue weighted by Crippen LogP contribution is 2.28. The van der Waals surface area contributed by atoms with Gasteiger partial charge >= 0.3 is 5.69 Å². The van der Waals surface area contributed by atoms with Gasteiger partial charge in [-0.1, -0.05) is 19.3 Å². The lowest BCUT2D eigenvalue weighted by atomic mass is 9.88. The fourth-order valence-corrected chi connectivity index (χ4v) is 3.73. The standard InChI is InChI=1S/C18H23N3O5/c22-16-12-14(6-7-15(16)21(25)26)18(24)20-10-8-19(9-11-20)17(23)13-4-2-1-3-5-13/h6-7,12-13,22H,1-5,8-11H2. The van der Waals surface area contributed by atoms with E-state index < -0.39 is 16.4 Å². The van der Waals surface area contributed by atoms with Gasteiger partial charge in [-0.05, 0) is 25.0 Å². The molecule has 1 aliphatic heterocycles. The van der Waals surface area contributed by atoms with Crippen molar-refractivity contribution < 1.29 is 19.6 Å². The first kappa shape index (κ1) is 18.2. The number of benzene rings is 1. The molecule has 1 aromatic rings. The lowest BCUT2D eigenvalue weighted by Gasteiger charge is -2.37. The second-order valence-corrected chi connectivity index (χ2v) is 6.91. The highest BCUT2D eigenvalue weighted by atomic mass is 16.6. The van der Waals surface area contributed by atoms with E-state index in [1.165, 1.54) is 12.5 Å². The van der Waals surface area contributed by atoms with Crippen molar-refractivity contribution in [3.8, 4) is 5.75 Å². The van der Waals surface area contributed by atoms with Crippen LogP contribution in [0.3, 0.4) is 0 Å². The van der Waals surface area contributed by atoms with Crippen molar-refractivity contribution in [1.29, 1.82) is 0 Å². The van der Waals surface area contributed by atoms with Gasteiger partial charge in [-0.2, -0.15) is 0 Å². The Bertz CT molecular complexity index is 707. The zero-order valence-electron chi connectivity index (χ0n) is 14.6. The molecule has 26 heavy (non-hydrogen) atoms. The average molecular weight is 361 g/mol. The molecule has 0 spiro atoms. The summed E-state index contributed by atoms with van der Waals surface area (Å²) >= 11 is 0. The Kier molecular flexibility index (Phi) is 5.39. The number of phenols is 1. The number of nitrogens with zero attached hydrogens (tertiary/aromatic N) is 3. The molecule has 3 rings (SSSR count). The van der Waals surface area contributed by atoms with Gasteiger partial charge in [0.15, 0.2) is 5.75 Å². The van der Waals surface area contributed by atoms with Gasteiger partial charge in [-0.25, -0.2) is 0 Å². The Morgan fingerprint density at radius 2 is 1.65 bits per heavy atom. The molecule has 8 nitrogen and oxygen atoms in total. The van der Waals surface area contributed by atoms with Gasteiger partial charge in [0.1, 0.15) is 0 Å². The van der Waals surface area contributed by atoms with Crippen molar-refractivity contribution in [2.24, 2.45) is 5.92 Å². The second kappa shape index (κ2) is 7.72. The van der Waals surface area contributed by atoms with Crippen LogP contribution in [0.15, 0.2) is 18.2 Å². The van der Waals surface area contributed by atoms with Crippen molar-refractivity contribution in [1.82, 2.24) is 9.80 Å². The van der Waals surface area contributed by atoms with E-state index in [9.17, 15) is 24.8 Å². The predicted octanol–water partition coefficient (Wildman–Crippen LogP) is 2.17. The van der Waals surface area contributed by atoms with Crippen molar-refractivity contribution in [3.05, 3.63) is 33.9 Å². The maximum absolute atomic E-state index is 12.6. The molecule has 2 amide bonds. The summed E-state index contributed by atoms with van der Waals surface area (Å²) < 4.78 is 0. The van der Waals surface area contributed by atoms with Crippen LogP contribution in [0.1, 0.15) is 42.5 Å². The molecule has 1 N–H and O–H groups in total. The number of carbonyl (C=O) groups is 2.